The molecular formula is C29H28O4S. The predicted octanol–water partition coefficient (Wildman–Crippen LogP) is 7.53. The molecule has 0 N–H and O–H groups in total. The summed E-state index contributed by atoms with van der Waals surface area (Å²) >= 11 is 1.73. The zero-order valence-corrected chi connectivity index (χ0v) is 20.5. The first-order chi connectivity index (χ1) is 16.3. The molecule has 0 spiro atoms. The summed E-state index contributed by atoms with van der Waals surface area (Å²) in [5.41, 5.74) is 2.48. The lowest BCUT2D eigenvalue weighted by Crippen LogP contribution is -2.19. The van der Waals surface area contributed by atoms with Gasteiger partial charge in [0.1, 0.15) is 11.5 Å². The normalized spacial score (nSPS) is 17.0. The molecule has 5 heteroatoms. The number of hydrogen-bond donors (Lipinski definition) is 0. The van der Waals surface area contributed by atoms with E-state index in [1.807, 2.05) is 42.5 Å². The van der Waals surface area contributed by atoms with Crippen LogP contribution in [0.15, 0.2) is 83.8 Å². The Morgan fingerprint density at radius 2 is 1.29 bits per heavy atom. The van der Waals surface area contributed by atoms with Gasteiger partial charge < -0.3 is 9.47 Å². The van der Waals surface area contributed by atoms with Gasteiger partial charge in [0.15, 0.2) is 0 Å². The first-order valence-electron chi connectivity index (χ1n) is 11.3. The summed E-state index contributed by atoms with van der Waals surface area (Å²) in [5.74, 6) is 0.223. The number of fused-ring (bicyclic) bond motifs is 2. The predicted molar refractivity (Wildman–Crippen MR) is 138 cm³/mol. The van der Waals surface area contributed by atoms with Gasteiger partial charge in [-0.1, -0.05) is 62.5 Å². The molecule has 4 rings (SSSR count). The highest BCUT2D eigenvalue weighted by atomic mass is 32.2. The van der Waals surface area contributed by atoms with Gasteiger partial charge in [0.05, 0.1) is 0 Å². The number of esters is 2. The zero-order valence-electron chi connectivity index (χ0n) is 19.7. The van der Waals surface area contributed by atoms with E-state index in [1.54, 1.807) is 25.6 Å². The standard InChI is InChI=1S/C29H28O4S/c1-17(2)28(30)32-26-21-13-9-10-14-22(21)27(33-29(31)18(3)4)25-23(16-15-19(5)24(25)26)34-20-11-7-6-8-12-20/h6-14,19,23H,1,3,15-16H2,2,4-5H3. The molecule has 0 aromatic heterocycles. The van der Waals surface area contributed by atoms with Crippen LogP contribution >= 0.6 is 11.8 Å². The molecule has 0 bridgehead atoms. The molecular weight excluding hydrogens is 444 g/mol. The topological polar surface area (TPSA) is 52.6 Å². The molecule has 4 nitrogen and oxygen atoms in total. The highest BCUT2D eigenvalue weighted by Crippen LogP contribution is 2.56. The molecule has 0 aliphatic heterocycles. The van der Waals surface area contributed by atoms with Crippen molar-refractivity contribution < 1.29 is 19.1 Å². The van der Waals surface area contributed by atoms with E-state index in [-0.39, 0.29) is 11.2 Å². The van der Waals surface area contributed by atoms with Crippen molar-refractivity contribution in [3.05, 3.63) is 90.0 Å². The average molecular weight is 473 g/mol. The molecule has 0 amide bonds. The van der Waals surface area contributed by atoms with E-state index in [9.17, 15) is 9.59 Å². The van der Waals surface area contributed by atoms with Crippen LogP contribution in [0, 0.1) is 0 Å². The minimum absolute atomic E-state index is 0.0217. The molecule has 1 aliphatic carbocycles. The van der Waals surface area contributed by atoms with Gasteiger partial charge in [-0.25, -0.2) is 9.59 Å². The van der Waals surface area contributed by atoms with Gasteiger partial charge in [-0.3, -0.25) is 0 Å². The second-order valence-corrected chi connectivity index (χ2v) is 10.0. The van der Waals surface area contributed by atoms with Gasteiger partial charge in [-0.05, 0) is 44.7 Å². The van der Waals surface area contributed by atoms with Gasteiger partial charge in [0, 0.05) is 43.2 Å². The minimum Gasteiger partial charge on any atom is -0.422 e. The molecule has 34 heavy (non-hydrogen) atoms. The van der Waals surface area contributed by atoms with Gasteiger partial charge in [0.25, 0.3) is 0 Å². The van der Waals surface area contributed by atoms with Crippen molar-refractivity contribution in [2.45, 2.75) is 49.7 Å². The van der Waals surface area contributed by atoms with Crippen molar-refractivity contribution in [2.24, 2.45) is 0 Å². The summed E-state index contributed by atoms with van der Waals surface area (Å²) in [6.45, 7) is 12.9. The number of carbonyl (C=O) groups excluding carboxylic acids is 2. The Balaban J connectivity index is 2.01. The maximum absolute atomic E-state index is 12.7. The third-order valence-electron chi connectivity index (χ3n) is 5.98. The van der Waals surface area contributed by atoms with E-state index < -0.39 is 11.9 Å². The average Bonchev–Trinajstić information content (AvgIpc) is 2.82. The van der Waals surface area contributed by atoms with Crippen molar-refractivity contribution in [1.82, 2.24) is 0 Å². The second-order valence-electron chi connectivity index (χ2n) is 8.77. The number of rotatable bonds is 6. The molecule has 2 unspecified atom stereocenters. The third kappa shape index (κ3) is 4.66. The molecule has 2 atom stereocenters. The number of hydrogen-bond acceptors (Lipinski definition) is 5. The molecule has 3 aromatic carbocycles. The second kappa shape index (κ2) is 9.90. The van der Waals surface area contributed by atoms with E-state index in [0.29, 0.717) is 22.6 Å². The van der Waals surface area contributed by atoms with Crippen LogP contribution in [-0.2, 0) is 9.59 Å². The van der Waals surface area contributed by atoms with Crippen LogP contribution in [0.3, 0.4) is 0 Å². The van der Waals surface area contributed by atoms with Gasteiger partial charge >= 0.3 is 11.9 Å². The van der Waals surface area contributed by atoms with Crippen LogP contribution < -0.4 is 9.47 Å². The van der Waals surface area contributed by atoms with Crippen LogP contribution in [0.1, 0.15) is 55.9 Å². The smallest absolute Gasteiger partial charge is 0.338 e. The monoisotopic (exact) mass is 472 g/mol. The lowest BCUT2D eigenvalue weighted by molar-refractivity contribution is -0.131. The Morgan fingerprint density at radius 3 is 1.82 bits per heavy atom. The summed E-state index contributed by atoms with van der Waals surface area (Å²) in [6, 6.07) is 17.7. The van der Waals surface area contributed by atoms with Crippen LogP contribution in [-0.4, -0.2) is 11.9 Å². The fourth-order valence-electron chi connectivity index (χ4n) is 4.27. The summed E-state index contributed by atoms with van der Waals surface area (Å²) in [5, 5.41) is 1.49. The molecule has 3 aromatic rings. The summed E-state index contributed by atoms with van der Waals surface area (Å²) in [7, 11) is 0. The Bertz CT molecular complexity index is 1290. The van der Waals surface area contributed by atoms with E-state index in [0.717, 1.165) is 39.6 Å². The molecule has 0 heterocycles. The molecule has 0 saturated heterocycles. The van der Waals surface area contributed by atoms with Crippen molar-refractivity contribution in [3.63, 3.8) is 0 Å². The van der Waals surface area contributed by atoms with Gasteiger partial charge in [-0.15, -0.1) is 11.8 Å². The largest absolute Gasteiger partial charge is 0.422 e. The fraction of sp³-hybridized carbons (Fsp3) is 0.241. The maximum Gasteiger partial charge on any atom is 0.338 e. The molecule has 0 saturated carbocycles. The Labute approximate surface area is 204 Å². The zero-order chi connectivity index (χ0) is 24.4. The van der Waals surface area contributed by atoms with Crippen molar-refractivity contribution >= 4 is 34.5 Å². The van der Waals surface area contributed by atoms with Crippen LogP contribution in [0.4, 0.5) is 0 Å². The quantitative estimate of drug-likeness (QED) is 0.211. The highest BCUT2D eigenvalue weighted by Gasteiger charge is 2.35. The van der Waals surface area contributed by atoms with Crippen molar-refractivity contribution in [1.29, 1.82) is 0 Å². The lowest BCUT2D eigenvalue weighted by Gasteiger charge is -2.33. The van der Waals surface area contributed by atoms with Crippen LogP contribution in [0.2, 0.25) is 0 Å². The summed E-state index contributed by atoms with van der Waals surface area (Å²) in [4.78, 5) is 26.5. The first kappa shape index (κ1) is 23.8. The Hall–Kier alpha value is -3.31. The number of ether oxygens (including phenoxy) is 2. The number of carbonyl (C=O) groups is 2. The van der Waals surface area contributed by atoms with Crippen molar-refractivity contribution in [2.75, 3.05) is 0 Å². The number of benzene rings is 3. The Morgan fingerprint density at radius 1 is 0.794 bits per heavy atom. The Kier molecular flexibility index (Phi) is 6.94. The summed E-state index contributed by atoms with van der Waals surface area (Å²) in [6.07, 6.45) is 1.82. The summed E-state index contributed by atoms with van der Waals surface area (Å²) < 4.78 is 12.0. The van der Waals surface area contributed by atoms with E-state index >= 15 is 0 Å². The minimum atomic E-state index is -0.472. The van der Waals surface area contributed by atoms with Crippen LogP contribution in [0.25, 0.3) is 10.8 Å². The van der Waals surface area contributed by atoms with Gasteiger partial charge in [-0.2, -0.15) is 0 Å². The lowest BCUT2D eigenvalue weighted by atomic mass is 9.80. The van der Waals surface area contributed by atoms with E-state index in [1.165, 1.54) is 0 Å². The SMILES string of the molecule is C=C(C)C(=O)Oc1c2c(c(OC(=O)C(=C)C)c3ccccc13)C(Sc1ccccc1)CCC2C. The molecule has 0 radical (unpaired) electrons. The maximum atomic E-state index is 12.7. The highest BCUT2D eigenvalue weighted by molar-refractivity contribution is 7.99. The van der Waals surface area contributed by atoms with Crippen LogP contribution in [0.5, 0.6) is 11.5 Å². The molecule has 1 aliphatic rings. The number of thioether (sulfide) groups is 1. The van der Waals surface area contributed by atoms with Crippen molar-refractivity contribution in [3.8, 4) is 11.5 Å². The molecule has 174 valence electrons. The first-order valence-corrected chi connectivity index (χ1v) is 12.2. The fourth-order valence-corrected chi connectivity index (χ4v) is 5.52. The van der Waals surface area contributed by atoms with E-state index in [2.05, 4.69) is 32.2 Å². The third-order valence-corrected chi connectivity index (χ3v) is 7.28. The molecule has 0 fully saturated rings. The van der Waals surface area contributed by atoms with Gasteiger partial charge in [0.2, 0.25) is 0 Å². The van der Waals surface area contributed by atoms with E-state index in [4.69, 9.17) is 9.47 Å².